The maximum atomic E-state index is 12.3. The van der Waals surface area contributed by atoms with Crippen LogP contribution in [0, 0.1) is 0 Å². The van der Waals surface area contributed by atoms with Gasteiger partial charge in [-0.15, -0.1) is 0 Å². The predicted octanol–water partition coefficient (Wildman–Crippen LogP) is 3.15. The molecule has 0 spiro atoms. The number of halogens is 3. The number of benzene rings is 1. The molecule has 1 N–H and O–H groups in total. The molecule has 0 bridgehead atoms. The molecule has 0 saturated carbocycles. The molecule has 1 aromatic heterocycles. The molecule has 0 aliphatic rings. The molecule has 2 rings (SSSR count). The van der Waals surface area contributed by atoms with Crippen LogP contribution < -0.4 is 0 Å². The zero-order valence-corrected chi connectivity index (χ0v) is 7.15. The van der Waals surface area contributed by atoms with Gasteiger partial charge in [0.25, 0.3) is 6.43 Å². The molecule has 0 radical (unpaired) electrons. The molecule has 1 heterocycles. The van der Waals surface area contributed by atoms with E-state index in [0.29, 0.717) is 11.0 Å². The van der Waals surface area contributed by atoms with E-state index in [1.807, 2.05) is 0 Å². The van der Waals surface area contributed by atoms with Gasteiger partial charge in [-0.05, 0) is 12.1 Å². The van der Waals surface area contributed by atoms with Gasteiger partial charge >= 0.3 is 0 Å². The van der Waals surface area contributed by atoms with Gasteiger partial charge in [-0.1, -0.05) is 11.6 Å². The lowest BCUT2D eigenvalue weighted by molar-refractivity contribution is 0.151. The van der Waals surface area contributed by atoms with Crippen LogP contribution in [0.5, 0.6) is 0 Å². The molecule has 0 unspecified atom stereocenters. The van der Waals surface area contributed by atoms with Gasteiger partial charge in [0.2, 0.25) is 0 Å². The van der Waals surface area contributed by atoms with Crippen molar-refractivity contribution in [1.29, 1.82) is 0 Å². The molecule has 5 heteroatoms. The van der Waals surface area contributed by atoms with Crippen molar-refractivity contribution in [3.8, 4) is 0 Å². The summed E-state index contributed by atoms with van der Waals surface area (Å²) in [7, 11) is 0. The predicted molar refractivity (Wildman–Crippen MR) is 46.1 cm³/mol. The molecule has 1 aromatic carbocycles. The molecule has 0 amide bonds. The Labute approximate surface area is 77.5 Å². The Morgan fingerprint density at radius 3 is 2.85 bits per heavy atom. The summed E-state index contributed by atoms with van der Waals surface area (Å²) in [6.07, 6.45) is -1.11. The Morgan fingerprint density at radius 2 is 2.15 bits per heavy atom. The molecule has 13 heavy (non-hydrogen) atoms. The maximum Gasteiger partial charge on any atom is 0.265 e. The van der Waals surface area contributed by atoms with Crippen LogP contribution in [0.15, 0.2) is 18.5 Å². The van der Waals surface area contributed by atoms with Crippen molar-refractivity contribution < 1.29 is 8.78 Å². The average Bonchev–Trinajstić information content (AvgIpc) is 2.48. The van der Waals surface area contributed by atoms with Crippen molar-refractivity contribution in [2.45, 2.75) is 6.43 Å². The van der Waals surface area contributed by atoms with Crippen molar-refractivity contribution in [3.63, 3.8) is 0 Å². The molecule has 0 atom stereocenters. The maximum absolute atomic E-state index is 12.3. The Hall–Kier alpha value is -1.16. The van der Waals surface area contributed by atoms with E-state index in [0.717, 1.165) is 0 Å². The van der Waals surface area contributed by atoms with Gasteiger partial charge < -0.3 is 4.98 Å². The quantitative estimate of drug-likeness (QED) is 0.756. The van der Waals surface area contributed by atoms with E-state index in [4.69, 9.17) is 11.6 Å². The van der Waals surface area contributed by atoms with Crippen molar-refractivity contribution >= 4 is 22.6 Å². The number of rotatable bonds is 1. The van der Waals surface area contributed by atoms with E-state index in [1.54, 1.807) is 0 Å². The lowest BCUT2D eigenvalue weighted by Gasteiger charge is -2.01. The molecule has 2 nitrogen and oxygen atoms in total. The second-order valence-corrected chi connectivity index (χ2v) is 3.00. The third-order valence-electron chi connectivity index (χ3n) is 1.77. The van der Waals surface area contributed by atoms with Crippen LogP contribution in [0.2, 0.25) is 5.02 Å². The first-order valence-corrected chi connectivity index (χ1v) is 3.97. The summed E-state index contributed by atoms with van der Waals surface area (Å²) in [5.41, 5.74) is 0.993. The summed E-state index contributed by atoms with van der Waals surface area (Å²) in [5.74, 6) is 0. The number of aromatic nitrogens is 2. The lowest BCUT2D eigenvalue weighted by Crippen LogP contribution is -1.85. The van der Waals surface area contributed by atoms with Crippen LogP contribution in [0.4, 0.5) is 8.78 Å². The molecule has 0 aliphatic heterocycles. The first kappa shape index (κ1) is 8.44. The number of alkyl halides is 2. The van der Waals surface area contributed by atoms with E-state index in [9.17, 15) is 8.78 Å². The van der Waals surface area contributed by atoms with Crippen LogP contribution in [0.3, 0.4) is 0 Å². The summed E-state index contributed by atoms with van der Waals surface area (Å²) < 4.78 is 24.7. The number of hydrogen-bond donors (Lipinski definition) is 1. The molecule has 0 aliphatic carbocycles. The fraction of sp³-hybridized carbons (Fsp3) is 0.125. The molecule has 0 saturated heterocycles. The smallest absolute Gasteiger partial charge is 0.265 e. The molecule has 68 valence electrons. The van der Waals surface area contributed by atoms with E-state index >= 15 is 0 Å². The number of nitrogens with zero attached hydrogens (tertiary/aromatic N) is 1. The third-order valence-corrected chi connectivity index (χ3v) is 2.10. The number of fused-ring (bicyclic) bond motifs is 1. The number of nitrogens with one attached hydrogen (secondary N) is 1. The lowest BCUT2D eigenvalue weighted by atomic mass is 10.2. The van der Waals surface area contributed by atoms with Crippen LogP contribution >= 0.6 is 11.6 Å². The van der Waals surface area contributed by atoms with Crippen LogP contribution in [-0.2, 0) is 0 Å². The minimum absolute atomic E-state index is 0.0506. The standard InChI is InChI=1S/C8H5ClF2N2/c9-5-2-7-6(12-3-13-7)1-4(5)8(10)11/h1-3,8H,(H,12,13). The minimum Gasteiger partial charge on any atom is -0.345 e. The number of hydrogen-bond acceptors (Lipinski definition) is 1. The topological polar surface area (TPSA) is 28.7 Å². The highest BCUT2D eigenvalue weighted by molar-refractivity contribution is 6.32. The number of H-pyrrole nitrogens is 1. The fourth-order valence-corrected chi connectivity index (χ4v) is 1.38. The van der Waals surface area contributed by atoms with Crippen LogP contribution in [0.25, 0.3) is 11.0 Å². The Bertz CT molecular complexity index is 439. The molecule has 2 aromatic rings. The van der Waals surface area contributed by atoms with E-state index in [-0.39, 0.29) is 10.6 Å². The molecule has 0 fully saturated rings. The molecular formula is C8H5ClF2N2. The van der Waals surface area contributed by atoms with Gasteiger partial charge in [-0.3, -0.25) is 0 Å². The number of aromatic amines is 1. The van der Waals surface area contributed by atoms with Gasteiger partial charge in [0.15, 0.2) is 0 Å². The third kappa shape index (κ3) is 1.37. The summed E-state index contributed by atoms with van der Waals surface area (Å²) in [5, 5.41) is 0.0506. The summed E-state index contributed by atoms with van der Waals surface area (Å²) in [6, 6.07) is 2.74. The summed E-state index contributed by atoms with van der Waals surface area (Å²) in [6.45, 7) is 0. The average molecular weight is 203 g/mol. The first-order chi connectivity index (χ1) is 6.18. The van der Waals surface area contributed by atoms with Crippen LogP contribution in [0.1, 0.15) is 12.0 Å². The highest BCUT2D eigenvalue weighted by atomic mass is 35.5. The highest BCUT2D eigenvalue weighted by Gasteiger charge is 2.13. The Kier molecular flexibility index (Phi) is 1.92. The van der Waals surface area contributed by atoms with Gasteiger partial charge in [0, 0.05) is 5.56 Å². The fourth-order valence-electron chi connectivity index (χ4n) is 1.14. The first-order valence-electron chi connectivity index (χ1n) is 3.59. The minimum atomic E-state index is -2.56. The zero-order valence-electron chi connectivity index (χ0n) is 6.39. The second-order valence-electron chi connectivity index (χ2n) is 2.59. The van der Waals surface area contributed by atoms with E-state index in [1.165, 1.54) is 18.5 Å². The van der Waals surface area contributed by atoms with Gasteiger partial charge in [0.1, 0.15) is 0 Å². The Morgan fingerprint density at radius 1 is 1.38 bits per heavy atom. The zero-order chi connectivity index (χ0) is 9.42. The van der Waals surface area contributed by atoms with Crippen molar-refractivity contribution in [2.75, 3.05) is 0 Å². The van der Waals surface area contributed by atoms with Gasteiger partial charge in [-0.2, -0.15) is 0 Å². The molecular weight excluding hydrogens is 198 g/mol. The van der Waals surface area contributed by atoms with Crippen molar-refractivity contribution in [1.82, 2.24) is 9.97 Å². The monoisotopic (exact) mass is 202 g/mol. The van der Waals surface area contributed by atoms with Crippen LogP contribution in [-0.4, -0.2) is 9.97 Å². The summed E-state index contributed by atoms with van der Waals surface area (Å²) in [4.78, 5) is 6.63. The highest BCUT2D eigenvalue weighted by Crippen LogP contribution is 2.29. The second kappa shape index (κ2) is 2.96. The van der Waals surface area contributed by atoms with Crippen molar-refractivity contribution in [2.24, 2.45) is 0 Å². The normalized spacial score (nSPS) is 11.4. The number of imidazole rings is 1. The van der Waals surface area contributed by atoms with E-state index in [2.05, 4.69) is 9.97 Å². The largest absolute Gasteiger partial charge is 0.345 e. The van der Waals surface area contributed by atoms with E-state index < -0.39 is 6.43 Å². The van der Waals surface area contributed by atoms with Gasteiger partial charge in [-0.25, -0.2) is 13.8 Å². The Balaban J connectivity index is 2.69. The van der Waals surface area contributed by atoms with Gasteiger partial charge in [0.05, 0.1) is 22.4 Å². The summed E-state index contributed by atoms with van der Waals surface area (Å²) >= 11 is 5.62. The van der Waals surface area contributed by atoms with Crippen molar-refractivity contribution in [3.05, 3.63) is 29.0 Å². The SMILES string of the molecule is FC(F)c1cc2[nH]cnc2cc1Cl.